The summed E-state index contributed by atoms with van der Waals surface area (Å²) in [6, 6.07) is 8.43. The van der Waals surface area contributed by atoms with Gasteiger partial charge in [0.1, 0.15) is 5.75 Å². The van der Waals surface area contributed by atoms with Crippen LogP contribution in [0.25, 0.3) is 0 Å². The van der Waals surface area contributed by atoms with E-state index >= 15 is 0 Å². The van der Waals surface area contributed by atoms with Crippen LogP contribution in [0, 0.1) is 0 Å². The molecule has 0 saturated heterocycles. The highest BCUT2D eigenvalue weighted by atomic mass is 16.5. The summed E-state index contributed by atoms with van der Waals surface area (Å²) in [7, 11) is 1.70. The van der Waals surface area contributed by atoms with E-state index in [0.29, 0.717) is 6.61 Å². The van der Waals surface area contributed by atoms with Gasteiger partial charge in [-0.05, 0) is 30.5 Å². The average Bonchev–Trinajstić information content (AvgIpc) is 2.36. The SMILES string of the molecule is CCC(N)Cc1ccc(OCCCOC)cc1. The second-order valence-corrected chi connectivity index (χ2v) is 4.21. The molecule has 3 nitrogen and oxygen atoms in total. The molecule has 0 saturated carbocycles. The molecule has 1 atom stereocenters. The van der Waals surface area contributed by atoms with Gasteiger partial charge in [0.2, 0.25) is 0 Å². The predicted molar refractivity (Wildman–Crippen MR) is 70.4 cm³/mol. The Hall–Kier alpha value is -1.06. The first kappa shape index (κ1) is 14.0. The van der Waals surface area contributed by atoms with Crippen LogP contribution in [0.1, 0.15) is 25.3 Å². The summed E-state index contributed by atoms with van der Waals surface area (Å²) in [6.07, 6.45) is 2.86. The van der Waals surface area contributed by atoms with Crippen molar-refractivity contribution in [2.24, 2.45) is 5.73 Å². The predicted octanol–water partition coefficient (Wildman–Crippen LogP) is 2.38. The Morgan fingerprint density at radius 1 is 1.18 bits per heavy atom. The van der Waals surface area contributed by atoms with Crippen LogP contribution in [-0.4, -0.2) is 26.4 Å². The number of nitrogens with two attached hydrogens (primary N) is 1. The number of benzene rings is 1. The first-order valence-electron chi connectivity index (χ1n) is 6.22. The highest BCUT2D eigenvalue weighted by molar-refractivity contribution is 5.27. The fraction of sp³-hybridized carbons (Fsp3) is 0.571. The zero-order valence-corrected chi connectivity index (χ0v) is 10.8. The van der Waals surface area contributed by atoms with Gasteiger partial charge in [0, 0.05) is 26.2 Å². The Kier molecular flexibility index (Phi) is 6.67. The van der Waals surface area contributed by atoms with Gasteiger partial charge >= 0.3 is 0 Å². The van der Waals surface area contributed by atoms with Crippen molar-refractivity contribution in [1.82, 2.24) is 0 Å². The molecule has 2 N–H and O–H groups in total. The molecule has 0 bridgehead atoms. The maximum Gasteiger partial charge on any atom is 0.119 e. The topological polar surface area (TPSA) is 44.5 Å². The number of methoxy groups -OCH3 is 1. The van der Waals surface area contributed by atoms with Crippen LogP contribution in [0.2, 0.25) is 0 Å². The minimum Gasteiger partial charge on any atom is -0.494 e. The third kappa shape index (κ3) is 5.71. The molecule has 0 spiro atoms. The van der Waals surface area contributed by atoms with E-state index in [0.717, 1.165) is 31.6 Å². The number of ether oxygens (including phenoxy) is 2. The van der Waals surface area contributed by atoms with Crippen LogP contribution >= 0.6 is 0 Å². The second kappa shape index (κ2) is 8.09. The van der Waals surface area contributed by atoms with Gasteiger partial charge in [-0.1, -0.05) is 19.1 Å². The molecule has 17 heavy (non-hydrogen) atoms. The Balaban J connectivity index is 2.34. The number of hydrogen-bond donors (Lipinski definition) is 1. The van der Waals surface area contributed by atoms with Crippen LogP contribution in [-0.2, 0) is 11.2 Å². The lowest BCUT2D eigenvalue weighted by Gasteiger charge is -2.10. The molecular weight excluding hydrogens is 214 g/mol. The zero-order valence-electron chi connectivity index (χ0n) is 10.8. The molecule has 0 heterocycles. The highest BCUT2D eigenvalue weighted by Gasteiger charge is 2.01. The van der Waals surface area contributed by atoms with Gasteiger partial charge in [0.25, 0.3) is 0 Å². The lowest BCUT2D eigenvalue weighted by Crippen LogP contribution is -2.21. The first-order chi connectivity index (χ1) is 8.26. The fourth-order valence-electron chi connectivity index (χ4n) is 1.56. The molecule has 0 aliphatic rings. The number of hydrogen-bond acceptors (Lipinski definition) is 3. The Bertz CT molecular complexity index is 298. The van der Waals surface area contributed by atoms with Crippen molar-refractivity contribution in [3.63, 3.8) is 0 Å². The third-order valence-corrected chi connectivity index (χ3v) is 2.71. The van der Waals surface area contributed by atoms with Crippen molar-refractivity contribution in [1.29, 1.82) is 0 Å². The zero-order chi connectivity index (χ0) is 12.5. The van der Waals surface area contributed by atoms with Crippen molar-refractivity contribution in [3.8, 4) is 5.75 Å². The maximum atomic E-state index is 5.91. The summed E-state index contributed by atoms with van der Waals surface area (Å²) < 4.78 is 10.5. The standard InChI is InChI=1S/C14H23NO2/c1-3-13(15)11-12-5-7-14(8-6-12)17-10-4-9-16-2/h5-8,13H,3-4,9-11,15H2,1-2H3. The van der Waals surface area contributed by atoms with E-state index in [1.807, 2.05) is 12.1 Å². The Labute approximate surface area is 104 Å². The van der Waals surface area contributed by atoms with Gasteiger partial charge in [0.15, 0.2) is 0 Å². The Morgan fingerprint density at radius 2 is 1.88 bits per heavy atom. The van der Waals surface area contributed by atoms with Crippen LogP contribution < -0.4 is 10.5 Å². The summed E-state index contributed by atoms with van der Waals surface area (Å²) >= 11 is 0. The van der Waals surface area contributed by atoms with Gasteiger partial charge < -0.3 is 15.2 Å². The fourth-order valence-corrected chi connectivity index (χ4v) is 1.56. The number of rotatable bonds is 8. The van der Waals surface area contributed by atoms with E-state index in [9.17, 15) is 0 Å². The summed E-state index contributed by atoms with van der Waals surface area (Å²) in [5.41, 5.74) is 7.18. The minimum atomic E-state index is 0.253. The molecule has 1 rings (SSSR count). The summed E-state index contributed by atoms with van der Waals surface area (Å²) in [6.45, 7) is 3.54. The van der Waals surface area contributed by atoms with Gasteiger partial charge in [-0.3, -0.25) is 0 Å². The van der Waals surface area contributed by atoms with Crippen molar-refractivity contribution in [2.75, 3.05) is 20.3 Å². The Morgan fingerprint density at radius 3 is 2.47 bits per heavy atom. The molecule has 0 aliphatic heterocycles. The normalized spacial score (nSPS) is 12.4. The van der Waals surface area contributed by atoms with E-state index in [-0.39, 0.29) is 6.04 Å². The molecule has 96 valence electrons. The molecule has 1 aromatic rings. The van der Waals surface area contributed by atoms with Crippen LogP contribution in [0.15, 0.2) is 24.3 Å². The van der Waals surface area contributed by atoms with Crippen molar-refractivity contribution < 1.29 is 9.47 Å². The third-order valence-electron chi connectivity index (χ3n) is 2.71. The van der Waals surface area contributed by atoms with Gasteiger partial charge in [-0.25, -0.2) is 0 Å². The molecule has 0 amide bonds. The quantitative estimate of drug-likeness (QED) is 0.706. The summed E-state index contributed by atoms with van der Waals surface area (Å²) in [5.74, 6) is 0.912. The first-order valence-corrected chi connectivity index (χ1v) is 6.22. The molecule has 0 radical (unpaired) electrons. The van der Waals surface area contributed by atoms with E-state index in [1.54, 1.807) is 7.11 Å². The van der Waals surface area contributed by atoms with Crippen molar-refractivity contribution in [3.05, 3.63) is 29.8 Å². The van der Waals surface area contributed by atoms with Crippen LogP contribution in [0.4, 0.5) is 0 Å². The van der Waals surface area contributed by atoms with Crippen LogP contribution in [0.3, 0.4) is 0 Å². The summed E-state index contributed by atoms with van der Waals surface area (Å²) in [4.78, 5) is 0. The molecule has 0 aliphatic carbocycles. The molecule has 1 unspecified atom stereocenters. The van der Waals surface area contributed by atoms with Crippen molar-refractivity contribution in [2.45, 2.75) is 32.2 Å². The van der Waals surface area contributed by atoms with E-state index in [4.69, 9.17) is 15.2 Å². The molecule has 3 heteroatoms. The van der Waals surface area contributed by atoms with Crippen molar-refractivity contribution >= 4 is 0 Å². The molecule has 0 fully saturated rings. The van der Waals surface area contributed by atoms with E-state index in [2.05, 4.69) is 19.1 Å². The van der Waals surface area contributed by atoms with Gasteiger partial charge in [0.05, 0.1) is 6.61 Å². The van der Waals surface area contributed by atoms with E-state index < -0.39 is 0 Å². The molecular formula is C14H23NO2. The minimum absolute atomic E-state index is 0.253. The lowest BCUT2D eigenvalue weighted by molar-refractivity contribution is 0.172. The molecule has 0 aromatic heterocycles. The van der Waals surface area contributed by atoms with E-state index in [1.165, 1.54) is 5.56 Å². The lowest BCUT2D eigenvalue weighted by atomic mass is 10.0. The maximum absolute atomic E-state index is 5.91. The summed E-state index contributed by atoms with van der Waals surface area (Å²) in [5, 5.41) is 0. The largest absolute Gasteiger partial charge is 0.494 e. The monoisotopic (exact) mass is 237 g/mol. The smallest absolute Gasteiger partial charge is 0.119 e. The average molecular weight is 237 g/mol. The second-order valence-electron chi connectivity index (χ2n) is 4.21. The van der Waals surface area contributed by atoms with Gasteiger partial charge in [-0.15, -0.1) is 0 Å². The molecule has 1 aromatic carbocycles. The highest BCUT2D eigenvalue weighted by Crippen LogP contribution is 2.13. The van der Waals surface area contributed by atoms with Gasteiger partial charge in [-0.2, -0.15) is 0 Å². The van der Waals surface area contributed by atoms with Crippen LogP contribution in [0.5, 0.6) is 5.75 Å².